The lowest BCUT2D eigenvalue weighted by atomic mass is 9.78. The molecule has 3 rings (SSSR count). The predicted octanol–water partition coefficient (Wildman–Crippen LogP) is 3.05. The third kappa shape index (κ3) is 1.74. The monoisotopic (exact) mass is 251 g/mol. The summed E-state index contributed by atoms with van der Waals surface area (Å²) >= 11 is 6.31. The molecule has 0 radical (unpaired) electrons. The number of rotatable bonds is 2. The Bertz CT molecular complexity index is 438. The normalized spacial score (nSPS) is 21.3. The van der Waals surface area contributed by atoms with Crippen LogP contribution < -0.4 is 10.5 Å². The molecule has 1 aromatic carbocycles. The maximum absolute atomic E-state index is 6.31. The largest absolute Gasteiger partial charge is 0.491 e. The lowest BCUT2D eigenvalue weighted by molar-refractivity contribution is 0.357. The first kappa shape index (κ1) is 11.4. The number of ether oxygens (including phenoxy) is 1. The van der Waals surface area contributed by atoms with Gasteiger partial charge in [-0.3, -0.25) is 0 Å². The minimum Gasteiger partial charge on any atom is -0.491 e. The summed E-state index contributed by atoms with van der Waals surface area (Å²) in [5, 5.41) is 0.759. The van der Waals surface area contributed by atoms with E-state index in [1.54, 1.807) is 0 Å². The standard InChI is InChI=1S/C14H18ClNO/c15-12-8-11(7-10-3-6-17-13(10)12)14(9-16)4-1-2-5-14/h7-8H,1-6,9,16H2. The van der Waals surface area contributed by atoms with Crippen LogP contribution in [0.1, 0.15) is 36.8 Å². The topological polar surface area (TPSA) is 35.2 Å². The molecule has 0 saturated heterocycles. The van der Waals surface area contributed by atoms with E-state index in [9.17, 15) is 0 Å². The van der Waals surface area contributed by atoms with Gasteiger partial charge in [0.25, 0.3) is 0 Å². The Morgan fingerprint density at radius 2 is 2.06 bits per heavy atom. The number of benzene rings is 1. The summed E-state index contributed by atoms with van der Waals surface area (Å²) in [4.78, 5) is 0. The Labute approximate surface area is 107 Å². The van der Waals surface area contributed by atoms with Crippen molar-refractivity contribution >= 4 is 11.6 Å². The number of hydrogen-bond acceptors (Lipinski definition) is 2. The van der Waals surface area contributed by atoms with Crippen LogP contribution in [0.4, 0.5) is 0 Å². The van der Waals surface area contributed by atoms with Crippen LogP contribution in [0.3, 0.4) is 0 Å². The molecule has 0 spiro atoms. The van der Waals surface area contributed by atoms with E-state index in [0.29, 0.717) is 0 Å². The molecule has 3 heteroatoms. The van der Waals surface area contributed by atoms with E-state index in [-0.39, 0.29) is 5.41 Å². The molecule has 1 aromatic rings. The first-order chi connectivity index (χ1) is 8.25. The molecule has 92 valence electrons. The van der Waals surface area contributed by atoms with Crippen LogP contribution in [0.2, 0.25) is 5.02 Å². The number of fused-ring (bicyclic) bond motifs is 1. The summed E-state index contributed by atoms with van der Waals surface area (Å²) in [5.41, 5.74) is 8.77. The first-order valence-corrected chi connectivity index (χ1v) is 6.79. The van der Waals surface area contributed by atoms with Gasteiger partial charge in [0, 0.05) is 18.4 Å². The van der Waals surface area contributed by atoms with Crippen molar-refractivity contribution in [1.29, 1.82) is 0 Å². The summed E-state index contributed by atoms with van der Waals surface area (Å²) < 4.78 is 5.55. The zero-order valence-electron chi connectivity index (χ0n) is 9.97. The third-order valence-corrected chi connectivity index (χ3v) is 4.58. The van der Waals surface area contributed by atoms with Crippen molar-refractivity contribution in [3.05, 3.63) is 28.3 Å². The lowest BCUT2D eigenvalue weighted by Crippen LogP contribution is -2.32. The van der Waals surface area contributed by atoms with E-state index in [2.05, 4.69) is 12.1 Å². The van der Waals surface area contributed by atoms with Crippen molar-refractivity contribution in [2.24, 2.45) is 5.73 Å². The van der Waals surface area contributed by atoms with Crippen LogP contribution in [-0.2, 0) is 11.8 Å². The fraction of sp³-hybridized carbons (Fsp3) is 0.571. The molecule has 0 atom stereocenters. The molecule has 2 aliphatic rings. The van der Waals surface area contributed by atoms with Gasteiger partial charge >= 0.3 is 0 Å². The molecular weight excluding hydrogens is 234 g/mol. The van der Waals surface area contributed by atoms with Crippen LogP contribution in [0.25, 0.3) is 0 Å². The Hall–Kier alpha value is -0.730. The number of hydrogen-bond donors (Lipinski definition) is 1. The molecule has 2 nitrogen and oxygen atoms in total. The molecule has 1 aliphatic heterocycles. The van der Waals surface area contributed by atoms with E-state index in [0.717, 1.165) is 30.3 Å². The Morgan fingerprint density at radius 1 is 1.29 bits per heavy atom. The molecule has 0 bridgehead atoms. The minimum atomic E-state index is 0.168. The molecule has 2 N–H and O–H groups in total. The van der Waals surface area contributed by atoms with E-state index >= 15 is 0 Å². The maximum Gasteiger partial charge on any atom is 0.141 e. The van der Waals surface area contributed by atoms with Crippen molar-refractivity contribution in [2.45, 2.75) is 37.5 Å². The maximum atomic E-state index is 6.31. The first-order valence-electron chi connectivity index (χ1n) is 6.41. The van der Waals surface area contributed by atoms with Crippen LogP contribution in [0.15, 0.2) is 12.1 Å². The predicted molar refractivity (Wildman–Crippen MR) is 69.9 cm³/mol. The van der Waals surface area contributed by atoms with E-state index in [1.807, 2.05) is 0 Å². The van der Waals surface area contributed by atoms with Crippen LogP contribution >= 0.6 is 11.6 Å². The highest BCUT2D eigenvalue weighted by Crippen LogP contribution is 2.44. The molecule has 17 heavy (non-hydrogen) atoms. The van der Waals surface area contributed by atoms with E-state index in [4.69, 9.17) is 22.1 Å². The highest BCUT2D eigenvalue weighted by Gasteiger charge is 2.35. The Kier molecular flexibility index (Phi) is 2.80. The van der Waals surface area contributed by atoms with Crippen LogP contribution in [0.5, 0.6) is 5.75 Å². The molecule has 0 unspecified atom stereocenters. The molecular formula is C14H18ClNO. The fourth-order valence-corrected chi connectivity index (χ4v) is 3.52. The fourth-order valence-electron chi connectivity index (χ4n) is 3.23. The van der Waals surface area contributed by atoms with Crippen molar-refractivity contribution < 1.29 is 4.74 Å². The summed E-state index contributed by atoms with van der Waals surface area (Å²) in [7, 11) is 0. The van der Waals surface area contributed by atoms with Gasteiger partial charge in [-0.25, -0.2) is 0 Å². The zero-order chi connectivity index (χ0) is 11.9. The summed E-state index contributed by atoms with van der Waals surface area (Å²) in [5.74, 6) is 0.889. The van der Waals surface area contributed by atoms with Gasteiger partial charge in [-0.1, -0.05) is 30.5 Å². The molecule has 1 fully saturated rings. The Balaban J connectivity index is 2.06. The SMILES string of the molecule is NCC1(c2cc(Cl)c3c(c2)CCO3)CCCC1. The lowest BCUT2D eigenvalue weighted by Gasteiger charge is -2.28. The second kappa shape index (κ2) is 4.18. The molecule has 1 saturated carbocycles. The second-order valence-electron chi connectivity index (χ2n) is 5.24. The van der Waals surface area contributed by atoms with Gasteiger partial charge in [-0.15, -0.1) is 0 Å². The second-order valence-corrected chi connectivity index (χ2v) is 5.64. The van der Waals surface area contributed by atoms with Gasteiger partial charge in [0.1, 0.15) is 5.75 Å². The third-order valence-electron chi connectivity index (χ3n) is 4.30. The van der Waals surface area contributed by atoms with E-state index in [1.165, 1.54) is 36.8 Å². The molecule has 1 heterocycles. The van der Waals surface area contributed by atoms with Gasteiger partial charge in [0.2, 0.25) is 0 Å². The Morgan fingerprint density at radius 3 is 2.76 bits per heavy atom. The van der Waals surface area contributed by atoms with Gasteiger partial charge in [0.15, 0.2) is 0 Å². The van der Waals surface area contributed by atoms with Gasteiger partial charge in [-0.05, 0) is 30.0 Å². The van der Waals surface area contributed by atoms with Crippen molar-refractivity contribution in [3.63, 3.8) is 0 Å². The average Bonchev–Trinajstić information content (AvgIpc) is 2.98. The van der Waals surface area contributed by atoms with Gasteiger partial charge < -0.3 is 10.5 Å². The summed E-state index contributed by atoms with van der Waals surface area (Å²) in [6.07, 6.45) is 5.92. The minimum absolute atomic E-state index is 0.168. The van der Waals surface area contributed by atoms with Crippen molar-refractivity contribution in [3.8, 4) is 5.75 Å². The van der Waals surface area contributed by atoms with Crippen molar-refractivity contribution in [2.75, 3.05) is 13.2 Å². The van der Waals surface area contributed by atoms with Crippen molar-refractivity contribution in [1.82, 2.24) is 0 Å². The van der Waals surface area contributed by atoms with Crippen LogP contribution in [0, 0.1) is 0 Å². The van der Waals surface area contributed by atoms with Crippen LogP contribution in [-0.4, -0.2) is 13.2 Å². The summed E-state index contributed by atoms with van der Waals surface area (Å²) in [6, 6.07) is 4.34. The quantitative estimate of drug-likeness (QED) is 0.877. The number of nitrogens with two attached hydrogens (primary N) is 1. The summed E-state index contributed by atoms with van der Waals surface area (Å²) in [6.45, 7) is 1.48. The molecule has 0 aromatic heterocycles. The molecule has 1 aliphatic carbocycles. The zero-order valence-corrected chi connectivity index (χ0v) is 10.7. The molecule has 0 amide bonds. The highest BCUT2D eigenvalue weighted by molar-refractivity contribution is 6.32. The highest BCUT2D eigenvalue weighted by atomic mass is 35.5. The van der Waals surface area contributed by atoms with Gasteiger partial charge in [0.05, 0.1) is 11.6 Å². The average molecular weight is 252 g/mol. The van der Waals surface area contributed by atoms with Gasteiger partial charge in [-0.2, -0.15) is 0 Å². The number of halogens is 1. The van der Waals surface area contributed by atoms with E-state index < -0.39 is 0 Å². The smallest absolute Gasteiger partial charge is 0.141 e.